The SMILES string of the molecule is Cc1cccc(C(=O)N(C)Cc2cc(Br)cs2)c1Cl. The molecular formula is C14H13BrClNOS. The molecule has 2 aromatic rings. The lowest BCUT2D eigenvalue weighted by molar-refractivity contribution is 0.0786. The van der Waals surface area contributed by atoms with Crippen molar-refractivity contribution in [3.63, 3.8) is 0 Å². The van der Waals surface area contributed by atoms with Crippen molar-refractivity contribution in [2.24, 2.45) is 0 Å². The summed E-state index contributed by atoms with van der Waals surface area (Å²) in [5.74, 6) is -0.0572. The van der Waals surface area contributed by atoms with Crippen molar-refractivity contribution in [2.45, 2.75) is 13.5 Å². The molecule has 1 aromatic heterocycles. The first kappa shape index (κ1) is 14.6. The number of amides is 1. The van der Waals surface area contributed by atoms with Crippen LogP contribution in [0.15, 0.2) is 34.1 Å². The van der Waals surface area contributed by atoms with E-state index in [-0.39, 0.29) is 5.91 Å². The number of hydrogen-bond donors (Lipinski definition) is 0. The molecule has 1 amide bonds. The van der Waals surface area contributed by atoms with E-state index in [2.05, 4.69) is 15.9 Å². The molecule has 1 aromatic carbocycles. The third-order valence-corrected chi connectivity index (χ3v) is 4.97. The maximum Gasteiger partial charge on any atom is 0.255 e. The van der Waals surface area contributed by atoms with E-state index in [9.17, 15) is 4.79 Å². The van der Waals surface area contributed by atoms with Crippen LogP contribution in [0.2, 0.25) is 5.02 Å². The lowest BCUT2D eigenvalue weighted by Crippen LogP contribution is -2.26. The normalized spacial score (nSPS) is 10.5. The minimum Gasteiger partial charge on any atom is -0.337 e. The predicted octanol–water partition coefficient (Wildman–Crippen LogP) is 4.74. The molecule has 0 aliphatic rings. The van der Waals surface area contributed by atoms with Gasteiger partial charge in [0.05, 0.1) is 17.1 Å². The second kappa shape index (κ2) is 6.07. The molecule has 0 bridgehead atoms. The highest BCUT2D eigenvalue weighted by Gasteiger charge is 2.16. The zero-order valence-corrected chi connectivity index (χ0v) is 13.8. The molecule has 0 saturated heterocycles. The highest BCUT2D eigenvalue weighted by Crippen LogP contribution is 2.24. The fourth-order valence-electron chi connectivity index (χ4n) is 1.76. The number of carbonyl (C=O) groups is 1. The fraction of sp³-hybridized carbons (Fsp3) is 0.214. The van der Waals surface area contributed by atoms with Gasteiger partial charge in [0, 0.05) is 21.8 Å². The lowest BCUT2D eigenvalue weighted by atomic mass is 10.1. The van der Waals surface area contributed by atoms with Gasteiger partial charge in [-0.25, -0.2) is 0 Å². The standard InChI is InChI=1S/C14H13BrClNOS/c1-9-4-3-5-12(13(9)16)14(18)17(2)7-11-6-10(15)8-19-11/h3-6,8H,7H2,1-2H3. The smallest absolute Gasteiger partial charge is 0.255 e. The first-order valence-corrected chi connectivity index (χ1v) is 7.77. The molecule has 0 N–H and O–H groups in total. The number of thiophene rings is 1. The first-order valence-electron chi connectivity index (χ1n) is 5.72. The van der Waals surface area contributed by atoms with E-state index < -0.39 is 0 Å². The molecule has 19 heavy (non-hydrogen) atoms. The second-order valence-corrected chi connectivity index (χ2v) is 6.62. The van der Waals surface area contributed by atoms with E-state index in [0.717, 1.165) is 14.9 Å². The Morgan fingerprint density at radius 1 is 1.47 bits per heavy atom. The van der Waals surface area contributed by atoms with Crippen molar-refractivity contribution in [1.82, 2.24) is 4.90 Å². The van der Waals surface area contributed by atoms with Gasteiger partial charge in [0.1, 0.15) is 0 Å². The van der Waals surface area contributed by atoms with Crippen molar-refractivity contribution in [3.8, 4) is 0 Å². The van der Waals surface area contributed by atoms with Gasteiger partial charge >= 0.3 is 0 Å². The maximum atomic E-state index is 12.4. The fourth-order valence-corrected chi connectivity index (χ4v) is 3.47. The summed E-state index contributed by atoms with van der Waals surface area (Å²) < 4.78 is 1.04. The minimum atomic E-state index is -0.0572. The molecule has 2 rings (SSSR count). The Morgan fingerprint density at radius 2 is 2.21 bits per heavy atom. The highest BCUT2D eigenvalue weighted by molar-refractivity contribution is 9.10. The first-order chi connectivity index (χ1) is 8.99. The van der Waals surface area contributed by atoms with Crippen LogP contribution in [0, 0.1) is 6.92 Å². The molecule has 0 aliphatic carbocycles. The number of rotatable bonds is 3. The highest BCUT2D eigenvalue weighted by atomic mass is 79.9. The Bertz CT molecular complexity index is 611. The molecule has 1 heterocycles. The molecule has 5 heteroatoms. The van der Waals surface area contributed by atoms with Crippen LogP contribution in [0.25, 0.3) is 0 Å². The summed E-state index contributed by atoms with van der Waals surface area (Å²) in [5.41, 5.74) is 1.47. The van der Waals surface area contributed by atoms with E-state index >= 15 is 0 Å². The van der Waals surface area contributed by atoms with Gasteiger partial charge in [0.15, 0.2) is 0 Å². The molecule has 0 saturated carbocycles. The van der Waals surface area contributed by atoms with E-state index in [0.29, 0.717) is 17.1 Å². The summed E-state index contributed by atoms with van der Waals surface area (Å²) in [6.45, 7) is 2.48. The third-order valence-electron chi connectivity index (χ3n) is 2.78. The molecule has 0 unspecified atom stereocenters. The van der Waals surface area contributed by atoms with Gasteiger partial charge in [-0.3, -0.25) is 4.79 Å². The Hall–Kier alpha value is -0.840. The number of nitrogens with zero attached hydrogens (tertiary/aromatic N) is 1. The number of hydrogen-bond acceptors (Lipinski definition) is 2. The van der Waals surface area contributed by atoms with Crippen molar-refractivity contribution in [2.75, 3.05) is 7.05 Å². The second-order valence-electron chi connectivity index (χ2n) is 4.33. The maximum absolute atomic E-state index is 12.4. The Morgan fingerprint density at radius 3 is 2.84 bits per heavy atom. The lowest BCUT2D eigenvalue weighted by Gasteiger charge is -2.17. The van der Waals surface area contributed by atoms with E-state index in [4.69, 9.17) is 11.6 Å². The number of halogens is 2. The van der Waals surface area contributed by atoms with Crippen LogP contribution in [-0.2, 0) is 6.54 Å². The topological polar surface area (TPSA) is 20.3 Å². The van der Waals surface area contributed by atoms with Crippen molar-refractivity contribution >= 4 is 44.8 Å². The summed E-state index contributed by atoms with van der Waals surface area (Å²) in [5, 5.41) is 2.54. The molecule has 100 valence electrons. The van der Waals surface area contributed by atoms with E-state index in [1.807, 2.05) is 30.5 Å². The van der Waals surface area contributed by atoms with Crippen molar-refractivity contribution < 1.29 is 4.79 Å². The zero-order valence-electron chi connectivity index (χ0n) is 10.6. The molecule has 0 fully saturated rings. The summed E-state index contributed by atoms with van der Waals surface area (Å²) >= 11 is 11.2. The van der Waals surface area contributed by atoms with Gasteiger partial charge in [-0.15, -0.1) is 11.3 Å². The van der Waals surface area contributed by atoms with E-state index in [1.165, 1.54) is 0 Å². The Balaban J connectivity index is 2.17. The van der Waals surface area contributed by atoms with Gasteiger partial charge in [0.2, 0.25) is 0 Å². The summed E-state index contributed by atoms with van der Waals surface area (Å²) in [7, 11) is 1.79. The van der Waals surface area contributed by atoms with Gasteiger partial charge < -0.3 is 4.90 Å². The number of benzene rings is 1. The van der Waals surface area contributed by atoms with Gasteiger partial charge in [0.25, 0.3) is 5.91 Å². The van der Waals surface area contributed by atoms with E-state index in [1.54, 1.807) is 29.4 Å². The van der Waals surface area contributed by atoms with Crippen LogP contribution < -0.4 is 0 Å². The van der Waals surface area contributed by atoms with Crippen LogP contribution in [0.3, 0.4) is 0 Å². The largest absolute Gasteiger partial charge is 0.337 e. The van der Waals surface area contributed by atoms with Gasteiger partial charge in [-0.1, -0.05) is 23.7 Å². The van der Waals surface area contributed by atoms with Crippen LogP contribution in [0.5, 0.6) is 0 Å². The molecule has 0 radical (unpaired) electrons. The molecule has 2 nitrogen and oxygen atoms in total. The average molecular weight is 359 g/mol. The van der Waals surface area contributed by atoms with Gasteiger partial charge in [-0.05, 0) is 40.5 Å². The zero-order chi connectivity index (χ0) is 14.0. The Kier molecular flexibility index (Phi) is 4.66. The summed E-state index contributed by atoms with van der Waals surface area (Å²) in [4.78, 5) is 15.2. The van der Waals surface area contributed by atoms with Crippen molar-refractivity contribution in [3.05, 3.63) is 55.1 Å². The number of carbonyl (C=O) groups excluding carboxylic acids is 1. The van der Waals surface area contributed by atoms with Crippen molar-refractivity contribution in [1.29, 1.82) is 0 Å². The summed E-state index contributed by atoms with van der Waals surface area (Å²) in [6.07, 6.45) is 0. The van der Waals surface area contributed by atoms with Gasteiger partial charge in [-0.2, -0.15) is 0 Å². The van der Waals surface area contributed by atoms with Crippen LogP contribution in [0.4, 0.5) is 0 Å². The minimum absolute atomic E-state index is 0.0572. The predicted molar refractivity (Wildman–Crippen MR) is 84.0 cm³/mol. The van der Waals surface area contributed by atoms with Crippen LogP contribution in [0.1, 0.15) is 20.8 Å². The molecule has 0 spiro atoms. The average Bonchev–Trinajstić information content (AvgIpc) is 2.77. The monoisotopic (exact) mass is 357 g/mol. The molecule has 0 aliphatic heterocycles. The molecule has 0 atom stereocenters. The Labute approximate surface area is 130 Å². The third kappa shape index (κ3) is 3.38. The summed E-state index contributed by atoms with van der Waals surface area (Å²) in [6, 6.07) is 7.53. The molecular weight excluding hydrogens is 346 g/mol. The van der Waals surface area contributed by atoms with Crippen LogP contribution in [-0.4, -0.2) is 17.9 Å². The quantitative estimate of drug-likeness (QED) is 0.775. The number of aryl methyl sites for hydroxylation is 1. The van der Waals surface area contributed by atoms with Crippen LogP contribution >= 0.6 is 38.9 Å².